The number of aromatic nitrogens is 1. The van der Waals surface area contributed by atoms with Crippen LogP contribution < -0.4 is 5.32 Å². The number of hydrogen-bond acceptors (Lipinski definition) is 3. The molecule has 0 spiro atoms. The SMILES string of the molecule is Cc1ccc(C#N)cc1Nc1cccc(Cl)n1. The molecular formula is C13H10ClN3. The van der Waals surface area contributed by atoms with E-state index in [-0.39, 0.29) is 0 Å². The van der Waals surface area contributed by atoms with Gasteiger partial charge in [-0.25, -0.2) is 4.98 Å². The number of pyridine rings is 1. The number of hydrogen-bond donors (Lipinski definition) is 1. The van der Waals surface area contributed by atoms with E-state index >= 15 is 0 Å². The van der Waals surface area contributed by atoms with Gasteiger partial charge in [-0.1, -0.05) is 23.7 Å². The lowest BCUT2D eigenvalue weighted by Crippen LogP contribution is -1.96. The van der Waals surface area contributed by atoms with Crippen molar-refractivity contribution in [3.05, 3.63) is 52.7 Å². The van der Waals surface area contributed by atoms with E-state index in [1.165, 1.54) is 0 Å². The fourth-order valence-corrected chi connectivity index (χ4v) is 1.61. The average Bonchev–Trinajstić information content (AvgIpc) is 2.32. The quantitative estimate of drug-likeness (QED) is 0.819. The molecule has 0 aliphatic carbocycles. The fourth-order valence-electron chi connectivity index (χ4n) is 1.44. The van der Waals surface area contributed by atoms with E-state index < -0.39 is 0 Å². The topological polar surface area (TPSA) is 48.7 Å². The van der Waals surface area contributed by atoms with Gasteiger partial charge in [0.25, 0.3) is 0 Å². The van der Waals surface area contributed by atoms with E-state index in [2.05, 4.69) is 16.4 Å². The molecule has 0 aliphatic rings. The molecule has 17 heavy (non-hydrogen) atoms. The minimum absolute atomic E-state index is 0.434. The van der Waals surface area contributed by atoms with Crippen LogP contribution in [0.4, 0.5) is 11.5 Å². The highest BCUT2D eigenvalue weighted by atomic mass is 35.5. The van der Waals surface area contributed by atoms with Crippen molar-refractivity contribution in [1.29, 1.82) is 5.26 Å². The Morgan fingerprint density at radius 2 is 2.12 bits per heavy atom. The molecule has 0 saturated heterocycles. The number of aryl methyl sites for hydroxylation is 1. The number of nitriles is 1. The van der Waals surface area contributed by atoms with E-state index in [0.29, 0.717) is 16.5 Å². The van der Waals surface area contributed by atoms with Crippen LogP contribution in [0, 0.1) is 18.3 Å². The first-order valence-electron chi connectivity index (χ1n) is 5.09. The first-order chi connectivity index (χ1) is 8.19. The highest BCUT2D eigenvalue weighted by molar-refractivity contribution is 6.29. The summed E-state index contributed by atoms with van der Waals surface area (Å²) >= 11 is 5.81. The molecule has 84 valence electrons. The molecule has 4 heteroatoms. The van der Waals surface area contributed by atoms with Crippen molar-refractivity contribution in [2.45, 2.75) is 6.92 Å². The van der Waals surface area contributed by atoms with Crippen molar-refractivity contribution < 1.29 is 0 Å². The minimum atomic E-state index is 0.434. The summed E-state index contributed by atoms with van der Waals surface area (Å²) in [7, 11) is 0. The lowest BCUT2D eigenvalue weighted by Gasteiger charge is -2.09. The molecule has 1 aromatic heterocycles. The van der Waals surface area contributed by atoms with Crippen molar-refractivity contribution in [1.82, 2.24) is 4.98 Å². The number of nitrogens with one attached hydrogen (secondary N) is 1. The standard InChI is InChI=1S/C13H10ClN3/c1-9-5-6-10(8-15)7-11(9)16-13-4-2-3-12(14)17-13/h2-7H,1H3,(H,16,17). The van der Waals surface area contributed by atoms with Gasteiger partial charge in [-0.05, 0) is 36.8 Å². The zero-order chi connectivity index (χ0) is 12.3. The van der Waals surface area contributed by atoms with Gasteiger partial charge in [0, 0.05) is 5.69 Å². The van der Waals surface area contributed by atoms with Crippen LogP contribution in [-0.4, -0.2) is 4.98 Å². The summed E-state index contributed by atoms with van der Waals surface area (Å²) in [5.41, 5.74) is 2.52. The van der Waals surface area contributed by atoms with Crippen LogP contribution in [-0.2, 0) is 0 Å². The molecule has 0 bridgehead atoms. The molecule has 1 aromatic carbocycles. The van der Waals surface area contributed by atoms with E-state index in [9.17, 15) is 0 Å². The van der Waals surface area contributed by atoms with E-state index in [1.807, 2.05) is 25.1 Å². The summed E-state index contributed by atoms with van der Waals surface area (Å²) in [6.07, 6.45) is 0. The highest BCUT2D eigenvalue weighted by Crippen LogP contribution is 2.21. The Morgan fingerprint density at radius 1 is 1.29 bits per heavy atom. The van der Waals surface area contributed by atoms with Crippen LogP contribution in [0.15, 0.2) is 36.4 Å². The molecule has 0 fully saturated rings. The molecular weight excluding hydrogens is 234 g/mol. The van der Waals surface area contributed by atoms with Crippen molar-refractivity contribution in [3.8, 4) is 6.07 Å². The van der Waals surface area contributed by atoms with E-state index in [1.54, 1.807) is 18.2 Å². The molecule has 3 nitrogen and oxygen atoms in total. The molecule has 1 heterocycles. The maximum atomic E-state index is 8.85. The van der Waals surface area contributed by atoms with E-state index in [4.69, 9.17) is 16.9 Å². The van der Waals surface area contributed by atoms with Gasteiger partial charge in [0.05, 0.1) is 11.6 Å². The van der Waals surface area contributed by atoms with Crippen LogP contribution in [0.3, 0.4) is 0 Å². The second-order valence-corrected chi connectivity index (χ2v) is 4.00. The van der Waals surface area contributed by atoms with Crippen molar-refractivity contribution >= 4 is 23.1 Å². The molecule has 0 atom stereocenters. The Morgan fingerprint density at radius 3 is 2.82 bits per heavy atom. The maximum absolute atomic E-state index is 8.85. The predicted octanol–water partition coefficient (Wildman–Crippen LogP) is 3.66. The monoisotopic (exact) mass is 243 g/mol. The van der Waals surface area contributed by atoms with Crippen LogP contribution in [0.5, 0.6) is 0 Å². The number of benzene rings is 1. The van der Waals surface area contributed by atoms with Crippen molar-refractivity contribution in [2.24, 2.45) is 0 Å². The van der Waals surface area contributed by atoms with Crippen LogP contribution in [0.1, 0.15) is 11.1 Å². The van der Waals surface area contributed by atoms with Gasteiger partial charge in [-0.2, -0.15) is 5.26 Å². The molecule has 0 aliphatic heterocycles. The zero-order valence-corrected chi connectivity index (χ0v) is 9.99. The third kappa shape index (κ3) is 2.74. The number of halogens is 1. The third-order valence-corrected chi connectivity index (χ3v) is 2.56. The lowest BCUT2D eigenvalue weighted by molar-refractivity contribution is 1.29. The van der Waals surface area contributed by atoms with Crippen LogP contribution in [0.25, 0.3) is 0 Å². The Balaban J connectivity index is 2.33. The molecule has 0 saturated carbocycles. The summed E-state index contributed by atoms with van der Waals surface area (Å²) in [5.74, 6) is 0.663. The average molecular weight is 244 g/mol. The first kappa shape index (κ1) is 11.4. The molecule has 2 aromatic rings. The van der Waals surface area contributed by atoms with Gasteiger partial charge in [0.1, 0.15) is 11.0 Å². The van der Waals surface area contributed by atoms with Crippen LogP contribution in [0.2, 0.25) is 5.15 Å². The Labute approximate surface area is 105 Å². The summed E-state index contributed by atoms with van der Waals surface area (Å²) in [5, 5.41) is 12.4. The Bertz CT molecular complexity index is 587. The maximum Gasteiger partial charge on any atom is 0.132 e. The predicted molar refractivity (Wildman–Crippen MR) is 68.4 cm³/mol. The fraction of sp³-hybridized carbons (Fsp3) is 0.0769. The second-order valence-electron chi connectivity index (χ2n) is 3.61. The highest BCUT2D eigenvalue weighted by Gasteiger charge is 2.02. The number of rotatable bonds is 2. The Hall–Kier alpha value is -2.05. The van der Waals surface area contributed by atoms with Gasteiger partial charge in [-0.15, -0.1) is 0 Å². The number of anilines is 2. The minimum Gasteiger partial charge on any atom is -0.340 e. The van der Waals surface area contributed by atoms with Gasteiger partial charge >= 0.3 is 0 Å². The molecule has 2 rings (SSSR count). The largest absolute Gasteiger partial charge is 0.340 e. The zero-order valence-electron chi connectivity index (χ0n) is 9.24. The van der Waals surface area contributed by atoms with Gasteiger partial charge in [0.2, 0.25) is 0 Å². The molecule has 0 radical (unpaired) electrons. The molecule has 0 unspecified atom stereocenters. The van der Waals surface area contributed by atoms with Crippen molar-refractivity contribution in [3.63, 3.8) is 0 Å². The smallest absolute Gasteiger partial charge is 0.132 e. The normalized spacial score (nSPS) is 9.71. The van der Waals surface area contributed by atoms with Gasteiger partial charge < -0.3 is 5.32 Å². The Kier molecular flexibility index (Phi) is 3.27. The molecule has 0 amide bonds. The third-order valence-electron chi connectivity index (χ3n) is 2.34. The summed E-state index contributed by atoms with van der Waals surface area (Å²) in [4.78, 5) is 4.14. The summed E-state index contributed by atoms with van der Waals surface area (Å²) < 4.78 is 0. The summed E-state index contributed by atoms with van der Waals surface area (Å²) in [6, 6.07) is 12.9. The van der Waals surface area contributed by atoms with E-state index in [0.717, 1.165) is 11.3 Å². The van der Waals surface area contributed by atoms with Gasteiger partial charge in [0.15, 0.2) is 0 Å². The number of nitrogens with zero attached hydrogens (tertiary/aromatic N) is 2. The lowest BCUT2D eigenvalue weighted by atomic mass is 10.1. The van der Waals surface area contributed by atoms with Gasteiger partial charge in [-0.3, -0.25) is 0 Å². The first-order valence-corrected chi connectivity index (χ1v) is 5.47. The second kappa shape index (κ2) is 4.86. The van der Waals surface area contributed by atoms with Crippen molar-refractivity contribution in [2.75, 3.05) is 5.32 Å². The summed E-state index contributed by atoms with van der Waals surface area (Å²) in [6.45, 7) is 1.97. The van der Waals surface area contributed by atoms with Crippen LogP contribution >= 0.6 is 11.6 Å². The molecule has 1 N–H and O–H groups in total.